The molecule has 128 valence electrons. The number of rotatable bonds is 4. The topological polar surface area (TPSA) is 69.2 Å². The van der Waals surface area contributed by atoms with Crippen LogP contribution >= 0.6 is 0 Å². The van der Waals surface area contributed by atoms with Crippen molar-refractivity contribution in [2.45, 2.75) is 6.42 Å². The van der Waals surface area contributed by atoms with Crippen LogP contribution < -0.4 is 4.74 Å². The highest BCUT2D eigenvalue weighted by Gasteiger charge is 2.28. The molecule has 1 aliphatic heterocycles. The van der Waals surface area contributed by atoms with Gasteiger partial charge in [-0.25, -0.2) is 8.42 Å². The lowest BCUT2D eigenvalue weighted by Gasteiger charge is -2.11. The van der Waals surface area contributed by atoms with Gasteiger partial charge in [-0.05, 0) is 47.0 Å². The Labute approximate surface area is 146 Å². The van der Waals surface area contributed by atoms with E-state index in [1.54, 1.807) is 12.4 Å². The van der Waals surface area contributed by atoms with Crippen LogP contribution in [0.4, 0.5) is 0 Å². The Kier molecular flexibility index (Phi) is 4.13. The van der Waals surface area contributed by atoms with Gasteiger partial charge in [0.05, 0.1) is 30.5 Å². The number of nitrogens with zero attached hydrogens (tertiary/aromatic N) is 2. The lowest BCUT2D eigenvalue weighted by atomic mass is 10.0. The molecule has 25 heavy (non-hydrogen) atoms. The third-order valence-corrected chi connectivity index (χ3v) is 6.38. The second-order valence-corrected chi connectivity index (χ2v) is 8.66. The largest absolute Gasteiger partial charge is 0.493 e. The van der Waals surface area contributed by atoms with Crippen LogP contribution in [0.15, 0.2) is 54.9 Å². The van der Waals surface area contributed by atoms with E-state index in [4.69, 9.17) is 4.74 Å². The van der Waals surface area contributed by atoms with Gasteiger partial charge in [0.15, 0.2) is 9.84 Å². The first-order chi connectivity index (χ1) is 12.1. The second-order valence-electron chi connectivity index (χ2n) is 6.43. The molecule has 2 aromatic carbocycles. The Morgan fingerprint density at radius 2 is 1.84 bits per heavy atom. The van der Waals surface area contributed by atoms with Gasteiger partial charge in [0.2, 0.25) is 0 Å². The number of ether oxygens (including phenoxy) is 1. The fraction of sp³-hybridized carbons (Fsp3) is 0.263. The minimum atomic E-state index is -2.86. The van der Waals surface area contributed by atoms with Gasteiger partial charge in [0.25, 0.3) is 0 Å². The molecule has 1 aliphatic rings. The fourth-order valence-corrected chi connectivity index (χ4v) is 5.01. The van der Waals surface area contributed by atoms with Crippen LogP contribution in [0, 0.1) is 5.92 Å². The summed E-state index contributed by atoms with van der Waals surface area (Å²) in [5.41, 5.74) is 2.12. The molecule has 0 aliphatic carbocycles. The SMILES string of the molecule is O=S1(=O)CCC(COc2ccc3cc(-c4ccnnc4)ccc3c2)C1. The summed E-state index contributed by atoms with van der Waals surface area (Å²) >= 11 is 0. The van der Waals surface area contributed by atoms with E-state index in [2.05, 4.69) is 22.3 Å². The van der Waals surface area contributed by atoms with Gasteiger partial charge in [-0.1, -0.05) is 18.2 Å². The lowest BCUT2D eigenvalue weighted by molar-refractivity contribution is 0.263. The molecule has 0 N–H and O–H groups in total. The van der Waals surface area contributed by atoms with Gasteiger partial charge in [0, 0.05) is 11.5 Å². The van der Waals surface area contributed by atoms with E-state index >= 15 is 0 Å². The van der Waals surface area contributed by atoms with Crippen molar-refractivity contribution in [3.63, 3.8) is 0 Å². The van der Waals surface area contributed by atoms with Gasteiger partial charge < -0.3 is 4.74 Å². The first kappa shape index (κ1) is 16.0. The number of benzene rings is 2. The number of fused-ring (bicyclic) bond motifs is 1. The molecule has 1 unspecified atom stereocenters. The molecule has 1 saturated heterocycles. The maximum Gasteiger partial charge on any atom is 0.150 e. The molecular formula is C19H18N2O3S. The average Bonchev–Trinajstić information content (AvgIpc) is 2.99. The van der Waals surface area contributed by atoms with E-state index in [-0.39, 0.29) is 17.4 Å². The van der Waals surface area contributed by atoms with E-state index in [0.29, 0.717) is 13.0 Å². The number of sulfone groups is 1. The van der Waals surface area contributed by atoms with E-state index < -0.39 is 9.84 Å². The third kappa shape index (κ3) is 3.64. The number of aromatic nitrogens is 2. The predicted molar refractivity (Wildman–Crippen MR) is 97.2 cm³/mol. The molecule has 0 radical (unpaired) electrons. The molecular weight excluding hydrogens is 336 g/mol. The Hall–Kier alpha value is -2.47. The molecule has 1 fully saturated rings. The minimum absolute atomic E-state index is 0.0993. The van der Waals surface area contributed by atoms with E-state index in [1.807, 2.05) is 30.3 Å². The van der Waals surface area contributed by atoms with E-state index in [0.717, 1.165) is 27.6 Å². The summed E-state index contributed by atoms with van der Waals surface area (Å²) in [4.78, 5) is 0. The van der Waals surface area contributed by atoms with Crippen LogP contribution in [0.2, 0.25) is 0 Å². The smallest absolute Gasteiger partial charge is 0.150 e. The lowest BCUT2D eigenvalue weighted by Crippen LogP contribution is -2.13. The molecule has 4 rings (SSSR count). The van der Waals surface area contributed by atoms with Gasteiger partial charge in [-0.2, -0.15) is 10.2 Å². The molecule has 0 bridgehead atoms. The molecule has 1 atom stereocenters. The fourth-order valence-electron chi connectivity index (χ4n) is 3.17. The first-order valence-corrected chi connectivity index (χ1v) is 10.1. The van der Waals surface area contributed by atoms with Crippen molar-refractivity contribution in [2.75, 3.05) is 18.1 Å². The van der Waals surface area contributed by atoms with E-state index in [1.165, 1.54) is 0 Å². The molecule has 0 amide bonds. The highest BCUT2D eigenvalue weighted by atomic mass is 32.2. The summed E-state index contributed by atoms with van der Waals surface area (Å²) in [5, 5.41) is 9.92. The van der Waals surface area contributed by atoms with Crippen LogP contribution in [0.3, 0.4) is 0 Å². The van der Waals surface area contributed by atoms with Gasteiger partial charge in [-0.3, -0.25) is 0 Å². The van der Waals surface area contributed by atoms with E-state index in [9.17, 15) is 8.42 Å². The summed E-state index contributed by atoms with van der Waals surface area (Å²) < 4.78 is 28.8. The molecule has 0 saturated carbocycles. The monoisotopic (exact) mass is 354 g/mol. The minimum Gasteiger partial charge on any atom is -0.493 e. The van der Waals surface area contributed by atoms with Crippen molar-refractivity contribution < 1.29 is 13.2 Å². The van der Waals surface area contributed by atoms with Gasteiger partial charge in [-0.15, -0.1) is 0 Å². The van der Waals surface area contributed by atoms with Crippen molar-refractivity contribution in [1.29, 1.82) is 0 Å². The Morgan fingerprint density at radius 3 is 2.60 bits per heavy atom. The quantitative estimate of drug-likeness (QED) is 0.720. The third-order valence-electron chi connectivity index (χ3n) is 4.54. The molecule has 6 heteroatoms. The van der Waals surface area contributed by atoms with Crippen LogP contribution in [-0.4, -0.2) is 36.7 Å². The van der Waals surface area contributed by atoms with Gasteiger partial charge >= 0.3 is 0 Å². The van der Waals surface area contributed by atoms with Crippen molar-refractivity contribution >= 4 is 20.6 Å². The van der Waals surface area contributed by atoms with Crippen molar-refractivity contribution in [3.05, 3.63) is 54.9 Å². The van der Waals surface area contributed by atoms with Crippen molar-refractivity contribution in [1.82, 2.24) is 10.2 Å². The normalized spacial score (nSPS) is 19.1. The first-order valence-electron chi connectivity index (χ1n) is 8.23. The standard InChI is InChI=1S/C19H18N2O3S/c22-25(23)8-6-14(13-25)12-24-19-4-3-15-9-16(1-2-17(15)10-19)18-5-7-20-21-11-18/h1-5,7,9-11,14H,6,8,12-13H2. The zero-order valence-corrected chi connectivity index (χ0v) is 14.4. The van der Waals surface area contributed by atoms with Crippen LogP contribution in [-0.2, 0) is 9.84 Å². The highest BCUT2D eigenvalue weighted by Crippen LogP contribution is 2.27. The van der Waals surface area contributed by atoms with Crippen molar-refractivity contribution in [2.24, 2.45) is 5.92 Å². The zero-order valence-electron chi connectivity index (χ0n) is 13.6. The predicted octanol–water partition coefficient (Wildman–Crippen LogP) is 3.11. The maximum atomic E-state index is 11.5. The molecule has 5 nitrogen and oxygen atoms in total. The summed E-state index contributed by atoms with van der Waals surface area (Å²) in [5.74, 6) is 1.40. The van der Waals surface area contributed by atoms with Crippen LogP contribution in [0.25, 0.3) is 21.9 Å². The molecule has 2 heterocycles. The molecule has 1 aromatic heterocycles. The summed E-state index contributed by atoms with van der Waals surface area (Å²) in [6.07, 6.45) is 4.12. The van der Waals surface area contributed by atoms with Gasteiger partial charge in [0.1, 0.15) is 5.75 Å². The Bertz CT molecular complexity index is 1000. The molecule has 3 aromatic rings. The Balaban J connectivity index is 1.51. The Morgan fingerprint density at radius 1 is 1.00 bits per heavy atom. The average molecular weight is 354 g/mol. The summed E-state index contributed by atoms with van der Waals surface area (Å²) in [6.45, 7) is 0.450. The maximum absolute atomic E-state index is 11.5. The number of hydrogen-bond donors (Lipinski definition) is 0. The second kappa shape index (κ2) is 6.44. The molecule has 0 spiro atoms. The van der Waals surface area contributed by atoms with Crippen molar-refractivity contribution in [3.8, 4) is 16.9 Å². The van der Waals surface area contributed by atoms with Crippen LogP contribution in [0.1, 0.15) is 6.42 Å². The zero-order chi connectivity index (χ0) is 17.3. The summed E-state index contributed by atoms with van der Waals surface area (Å²) in [6, 6.07) is 14.1. The summed E-state index contributed by atoms with van der Waals surface area (Å²) in [7, 11) is -2.86. The van der Waals surface area contributed by atoms with Crippen LogP contribution in [0.5, 0.6) is 5.75 Å². The number of hydrogen-bond acceptors (Lipinski definition) is 5. The highest BCUT2D eigenvalue weighted by molar-refractivity contribution is 7.91.